The van der Waals surface area contributed by atoms with Crippen molar-refractivity contribution in [3.63, 3.8) is 0 Å². The molecule has 1 heterocycles. The molecule has 2 rings (SSSR count). The molecular formula is C9H15NO2. The number of nitrogens with one attached hydrogen (secondary N) is 1. The maximum absolute atomic E-state index is 11.4. The topological polar surface area (TPSA) is 38.3 Å². The molecule has 3 nitrogen and oxygen atoms in total. The Labute approximate surface area is 72.5 Å². The second kappa shape index (κ2) is 3.05. The summed E-state index contributed by atoms with van der Waals surface area (Å²) in [7, 11) is 0. The zero-order chi connectivity index (χ0) is 8.55. The van der Waals surface area contributed by atoms with Crippen molar-refractivity contribution in [2.45, 2.75) is 38.3 Å². The second-order valence-corrected chi connectivity index (χ2v) is 3.67. The molecule has 2 aliphatic rings. The van der Waals surface area contributed by atoms with E-state index in [0.29, 0.717) is 18.6 Å². The van der Waals surface area contributed by atoms with Crippen LogP contribution in [-0.2, 0) is 9.53 Å². The van der Waals surface area contributed by atoms with Crippen LogP contribution in [0.4, 0.5) is 0 Å². The predicted octanol–water partition coefficient (Wildman–Crippen LogP) is 0.690. The summed E-state index contributed by atoms with van der Waals surface area (Å²) in [6.45, 7) is 2.35. The van der Waals surface area contributed by atoms with Crippen LogP contribution in [-0.4, -0.2) is 24.7 Å². The van der Waals surface area contributed by atoms with E-state index >= 15 is 0 Å². The van der Waals surface area contributed by atoms with Crippen LogP contribution in [0.3, 0.4) is 0 Å². The Morgan fingerprint density at radius 2 is 2.42 bits per heavy atom. The molecule has 2 fully saturated rings. The van der Waals surface area contributed by atoms with Gasteiger partial charge in [0.15, 0.2) is 0 Å². The zero-order valence-electron chi connectivity index (χ0n) is 7.38. The first-order chi connectivity index (χ1) is 5.81. The lowest BCUT2D eigenvalue weighted by Crippen LogP contribution is -2.42. The molecule has 1 N–H and O–H groups in total. The van der Waals surface area contributed by atoms with Crippen LogP contribution in [0.25, 0.3) is 0 Å². The van der Waals surface area contributed by atoms with Crippen molar-refractivity contribution in [3.8, 4) is 0 Å². The van der Waals surface area contributed by atoms with Crippen molar-refractivity contribution >= 4 is 5.97 Å². The lowest BCUT2D eigenvalue weighted by atomic mass is 10.0. The quantitative estimate of drug-likeness (QED) is 0.618. The normalized spacial score (nSPS) is 38.6. The number of hydrogen-bond donors (Lipinski definition) is 1. The van der Waals surface area contributed by atoms with Gasteiger partial charge in [0.25, 0.3) is 0 Å². The summed E-state index contributed by atoms with van der Waals surface area (Å²) in [6, 6.07) is 0.591. The van der Waals surface area contributed by atoms with E-state index in [4.69, 9.17) is 4.74 Å². The van der Waals surface area contributed by atoms with E-state index in [9.17, 15) is 4.79 Å². The molecule has 0 aromatic heterocycles. The average Bonchev–Trinajstić information content (AvgIpc) is 2.64. The minimum atomic E-state index is -0.0512. The summed E-state index contributed by atoms with van der Waals surface area (Å²) in [5, 5.41) is 3.30. The maximum Gasteiger partial charge on any atom is 0.323 e. The van der Waals surface area contributed by atoms with Crippen LogP contribution >= 0.6 is 0 Å². The molecule has 3 atom stereocenters. The summed E-state index contributed by atoms with van der Waals surface area (Å²) in [6.07, 6.45) is 3.60. The van der Waals surface area contributed by atoms with Crippen LogP contribution in [0.15, 0.2) is 0 Å². The number of carbonyl (C=O) groups is 1. The van der Waals surface area contributed by atoms with Gasteiger partial charge in [-0.1, -0.05) is 0 Å². The van der Waals surface area contributed by atoms with E-state index in [-0.39, 0.29) is 12.0 Å². The summed E-state index contributed by atoms with van der Waals surface area (Å²) in [5.41, 5.74) is 0. The Kier molecular flexibility index (Phi) is 2.05. The van der Waals surface area contributed by atoms with Gasteiger partial charge in [-0.2, -0.15) is 0 Å². The van der Waals surface area contributed by atoms with Crippen molar-refractivity contribution < 1.29 is 9.53 Å². The van der Waals surface area contributed by atoms with E-state index in [1.807, 2.05) is 6.92 Å². The number of rotatable bonds is 2. The molecule has 3 heteroatoms. The molecule has 1 saturated heterocycles. The number of ether oxygens (including phenoxy) is 1. The van der Waals surface area contributed by atoms with Gasteiger partial charge in [-0.25, -0.2) is 0 Å². The lowest BCUT2D eigenvalue weighted by Gasteiger charge is -2.20. The minimum Gasteiger partial charge on any atom is -0.465 e. The first kappa shape index (κ1) is 8.05. The van der Waals surface area contributed by atoms with Crippen molar-refractivity contribution in [2.24, 2.45) is 5.92 Å². The highest BCUT2D eigenvalue weighted by Gasteiger charge is 2.43. The highest BCUT2D eigenvalue weighted by atomic mass is 16.5. The fourth-order valence-corrected chi connectivity index (χ4v) is 2.35. The van der Waals surface area contributed by atoms with Gasteiger partial charge in [-0.15, -0.1) is 0 Å². The van der Waals surface area contributed by atoms with Crippen LogP contribution in [0.5, 0.6) is 0 Å². The van der Waals surface area contributed by atoms with E-state index in [2.05, 4.69) is 5.32 Å². The second-order valence-electron chi connectivity index (χ2n) is 3.67. The first-order valence-electron chi connectivity index (χ1n) is 4.74. The maximum atomic E-state index is 11.4. The molecule has 2 bridgehead atoms. The van der Waals surface area contributed by atoms with Crippen molar-refractivity contribution in [2.75, 3.05) is 6.61 Å². The molecule has 0 aromatic rings. The largest absolute Gasteiger partial charge is 0.465 e. The molecular weight excluding hydrogens is 154 g/mol. The van der Waals surface area contributed by atoms with E-state index in [0.717, 1.165) is 0 Å². The number of carbonyl (C=O) groups excluding carboxylic acids is 1. The molecule has 1 aliphatic carbocycles. The summed E-state index contributed by atoms with van der Waals surface area (Å²) in [5.74, 6) is 0.499. The lowest BCUT2D eigenvalue weighted by molar-refractivity contribution is -0.146. The molecule has 0 amide bonds. The Morgan fingerprint density at radius 1 is 1.58 bits per heavy atom. The molecule has 0 unspecified atom stereocenters. The molecule has 1 aliphatic heterocycles. The standard InChI is InChI=1S/C9H15NO2/c1-2-12-9(11)8-6-3-4-7(5-6)10-8/h6-8,10H,2-5H2,1H3/t6-,7+,8+/m0/s1. The Bertz CT molecular complexity index is 193. The fraction of sp³-hybridized carbons (Fsp3) is 0.889. The SMILES string of the molecule is CCOC(=O)[C@@H]1N[C@@H]2CC[C@H]1C2. The van der Waals surface area contributed by atoms with Crippen LogP contribution in [0.2, 0.25) is 0 Å². The van der Waals surface area contributed by atoms with Gasteiger partial charge < -0.3 is 10.1 Å². The van der Waals surface area contributed by atoms with Crippen LogP contribution in [0.1, 0.15) is 26.2 Å². The summed E-state index contributed by atoms with van der Waals surface area (Å²) in [4.78, 5) is 11.4. The smallest absolute Gasteiger partial charge is 0.323 e. The van der Waals surface area contributed by atoms with Gasteiger partial charge in [-0.05, 0) is 32.1 Å². The fourth-order valence-electron chi connectivity index (χ4n) is 2.35. The van der Waals surface area contributed by atoms with Gasteiger partial charge in [0.1, 0.15) is 6.04 Å². The van der Waals surface area contributed by atoms with E-state index in [1.54, 1.807) is 0 Å². The monoisotopic (exact) mass is 169 g/mol. The van der Waals surface area contributed by atoms with Gasteiger partial charge in [0.05, 0.1) is 6.61 Å². The van der Waals surface area contributed by atoms with E-state index in [1.165, 1.54) is 19.3 Å². The Balaban J connectivity index is 1.93. The third-order valence-electron chi connectivity index (χ3n) is 2.90. The van der Waals surface area contributed by atoms with Gasteiger partial charge in [0, 0.05) is 6.04 Å². The van der Waals surface area contributed by atoms with E-state index < -0.39 is 0 Å². The average molecular weight is 169 g/mol. The number of esters is 1. The van der Waals surface area contributed by atoms with Gasteiger partial charge >= 0.3 is 5.97 Å². The third-order valence-corrected chi connectivity index (χ3v) is 2.90. The van der Waals surface area contributed by atoms with Gasteiger partial charge in [0.2, 0.25) is 0 Å². The summed E-state index contributed by atoms with van der Waals surface area (Å²) >= 11 is 0. The zero-order valence-corrected chi connectivity index (χ0v) is 7.38. The number of fused-ring (bicyclic) bond motifs is 2. The summed E-state index contributed by atoms with van der Waals surface area (Å²) < 4.78 is 4.98. The van der Waals surface area contributed by atoms with Crippen molar-refractivity contribution in [3.05, 3.63) is 0 Å². The number of piperidine rings is 1. The van der Waals surface area contributed by atoms with Crippen LogP contribution < -0.4 is 5.32 Å². The van der Waals surface area contributed by atoms with Crippen LogP contribution in [0, 0.1) is 5.92 Å². The molecule has 0 aromatic carbocycles. The Morgan fingerprint density at radius 3 is 2.92 bits per heavy atom. The number of hydrogen-bond acceptors (Lipinski definition) is 3. The molecule has 0 spiro atoms. The first-order valence-corrected chi connectivity index (χ1v) is 4.74. The highest BCUT2D eigenvalue weighted by molar-refractivity contribution is 5.76. The van der Waals surface area contributed by atoms with Gasteiger partial charge in [-0.3, -0.25) is 4.79 Å². The molecule has 12 heavy (non-hydrogen) atoms. The minimum absolute atomic E-state index is 0.00343. The van der Waals surface area contributed by atoms with Crippen molar-refractivity contribution in [1.29, 1.82) is 0 Å². The molecule has 0 radical (unpaired) electrons. The third kappa shape index (κ3) is 1.22. The van der Waals surface area contributed by atoms with Crippen molar-refractivity contribution in [1.82, 2.24) is 5.32 Å². The predicted molar refractivity (Wildman–Crippen MR) is 44.7 cm³/mol. The molecule has 68 valence electrons. The Hall–Kier alpha value is -0.570. The molecule has 1 saturated carbocycles. The highest BCUT2D eigenvalue weighted by Crippen LogP contribution is 2.35.